The van der Waals surface area contributed by atoms with Crippen molar-refractivity contribution in [3.63, 3.8) is 0 Å². The van der Waals surface area contributed by atoms with Gasteiger partial charge >= 0.3 is 11.9 Å². The molecule has 0 aliphatic carbocycles. The van der Waals surface area contributed by atoms with E-state index in [-0.39, 0.29) is 19.6 Å². The van der Waals surface area contributed by atoms with Gasteiger partial charge in [0.15, 0.2) is 0 Å². The molecule has 1 amide bonds. The maximum absolute atomic E-state index is 13.5. The Morgan fingerprint density at radius 2 is 1.76 bits per heavy atom. The molecule has 3 unspecified atom stereocenters. The number of anilines is 1. The molecule has 0 saturated heterocycles. The van der Waals surface area contributed by atoms with Gasteiger partial charge in [0.2, 0.25) is 5.91 Å². The van der Waals surface area contributed by atoms with Crippen LogP contribution in [0.2, 0.25) is 0 Å². The quantitative estimate of drug-likeness (QED) is 0.154. The summed E-state index contributed by atoms with van der Waals surface area (Å²) in [5.74, 6) is -2.05. The van der Waals surface area contributed by atoms with Gasteiger partial charge in [-0.05, 0) is 56.2 Å². The second-order valence-corrected chi connectivity index (χ2v) is 9.15. The van der Waals surface area contributed by atoms with E-state index in [9.17, 15) is 29.6 Å². The molecular weight excluding hydrogens is 494 g/mol. The number of ether oxygens (including phenoxy) is 1. The van der Waals surface area contributed by atoms with Gasteiger partial charge < -0.3 is 14.7 Å². The maximum Gasteiger partial charge on any atom is 0.327 e. The van der Waals surface area contributed by atoms with Crippen LogP contribution in [0.25, 0.3) is 0 Å². The molecule has 11 nitrogen and oxygen atoms in total. The number of aryl methyl sites for hydroxylation is 1. The highest BCUT2D eigenvalue weighted by atomic mass is 16.9. The molecule has 0 bridgehead atoms. The fraction of sp³-hybridized carbons (Fsp3) is 0.444. The molecule has 2 aromatic rings. The van der Waals surface area contributed by atoms with Gasteiger partial charge in [0.1, 0.15) is 12.1 Å². The number of hydrogen-bond acceptors (Lipinski definition) is 8. The summed E-state index contributed by atoms with van der Waals surface area (Å²) in [6.07, 6.45) is 2.71. The van der Waals surface area contributed by atoms with E-state index < -0.39 is 41.1 Å². The van der Waals surface area contributed by atoms with E-state index in [0.29, 0.717) is 37.8 Å². The minimum atomic E-state index is -1.09. The Bertz CT molecular complexity index is 1110. The molecular formula is C27H33N3O8. The lowest BCUT2D eigenvalue weighted by atomic mass is 10.0. The van der Waals surface area contributed by atoms with Gasteiger partial charge in [-0.3, -0.25) is 19.8 Å². The minimum absolute atomic E-state index is 0.0151. The number of nitrogens with zero attached hydrogens (tertiary/aromatic N) is 2. The molecule has 1 heterocycles. The largest absolute Gasteiger partial charge is 0.480 e. The zero-order valence-corrected chi connectivity index (χ0v) is 21.3. The van der Waals surface area contributed by atoms with Gasteiger partial charge in [-0.15, -0.1) is 10.1 Å². The number of esters is 1. The molecule has 2 N–H and O–H groups in total. The Kier molecular flexibility index (Phi) is 10.6. The third-order valence-electron chi connectivity index (χ3n) is 6.40. The molecule has 204 valence electrons. The number of carboxylic acids is 1. The van der Waals surface area contributed by atoms with Crippen LogP contribution in [0.1, 0.15) is 43.7 Å². The average Bonchev–Trinajstić information content (AvgIpc) is 3.30. The molecule has 1 aliphatic rings. The van der Waals surface area contributed by atoms with Crippen molar-refractivity contribution >= 4 is 23.5 Å². The van der Waals surface area contributed by atoms with Crippen molar-refractivity contribution in [2.45, 2.75) is 63.6 Å². The van der Waals surface area contributed by atoms with E-state index >= 15 is 0 Å². The van der Waals surface area contributed by atoms with E-state index in [0.717, 1.165) is 11.1 Å². The third kappa shape index (κ3) is 8.01. The highest BCUT2D eigenvalue weighted by molar-refractivity contribution is 6.04. The van der Waals surface area contributed by atoms with Crippen LogP contribution in [-0.2, 0) is 36.8 Å². The van der Waals surface area contributed by atoms with E-state index in [1.54, 1.807) is 31.2 Å². The number of carbonyl (C=O) groups excluding carboxylic acids is 2. The van der Waals surface area contributed by atoms with Crippen LogP contribution in [0.5, 0.6) is 0 Å². The number of carboxylic acid groups (broad SMARTS) is 1. The lowest BCUT2D eigenvalue weighted by Gasteiger charge is -2.28. The second-order valence-electron chi connectivity index (χ2n) is 9.15. The van der Waals surface area contributed by atoms with Gasteiger partial charge in [0.05, 0.1) is 19.3 Å². The number of aliphatic carboxylic acids is 1. The van der Waals surface area contributed by atoms with Crippen molar-refractivity contribution in [2.24, 2.45) is 0 Å². The van der Waals surface area contributed by atoms with Crippen LogP contribution < -0.4 is 10.2 Å². The fourth-order valence-corrected chi connectivity index (χ4v) is 4.46. The van der Waals surface area contributed by atoms with Crippen LogP contribution in [0.15, 0.2) is 54.6 Å². The second kappa shape index (κ2) is 14.1. The Morgan fingerprint density at radius 1 is 1.08 bits per heavy atom. The standard InChI is InChI=1S/C27H33N3O8/c1-19(25(31)29-23-13-7-6-12-21(23)18-24(29)26(32)33)28-22(15-14-20-10-4-2-5-11-20)27(34)37-16-8-3-9-17-38-30(35)36/h2,4-7,10-13,19,22,24,28H,3,8-9,14-18H2,1H3,(H,32,33). The normalized spacial score (nSPS) is 15.8. The molecule has 2 aromatic carbocycles. The number of amides is 1. The van der Waals surface area contributed by atoms with Gasteiger partial charge in [-0.2, -0.15) is 0 Å². The average molecular weight is 528 g/mol. The monoisotopic (exact) mass is 527 g/mol. The number of benzene rings is 2. The lowest BCUT2D eigenvalue weighted by molar-refractivity contribution is -0.757. The van der Waals surface area contributed by atoms with Crippen molar-refractivity contribution < 1.29 is 34.2 Å². The number of nitrogens with one attached hydrogen (secondary N) is 1. The molecule has 1 aliphatic heterocycles. The molecule has 3 rings (SSSR count). The van der Waals surface area contributed by atoms with Crippen molar-refractivity contribution in [3.05, 3.63) is 75.8 Å². The van der Waals surface area contributed by atoms with Crippen molar-refractivity contribution in [3.8, 4) is 0 Å². The molecule has 11 heteroatoms. The van der Waals surface area contributed by atoms with Gasteiger partial charge in [0.25, 0.3) is 5.09 Å². The topological polar surface area (TPSA) is 148 Å². The van der Waals surface area contributed by atoms with Crippen LogP contribution in [0.4, 0.5) is 5.69 Å². The van der Waals surface area contributed by atoms with Crippen LogP contribution in [0, 0.1) is 10.1 Å². The Balaban J connectivity index is 1.63. The zero-order chi connectivity index (χ0) is 27.5. The smallest absolute Gasteiger partial charge is 0.327 e. The van der Waals surface area contributed by atoms with E-state index in [1.165, 1.54) is 4.90 Å². The first-order valence-corrected chi connectivity index (χ1v) is 12.7. The molecule has 38 heavy (non-hydrogen) atoms. The molecule has 0 spiro atoms. The third-order valence-corrected chi connectivity index (χ3v) is 6.40. The lowest BCUT2D eigenvalue weighted by Crippen LogP contribution is -2.54. The van der Waals surface area contributed by atoms with Crippen molar-refractivity contribution in [2.75, 3.05) is 18.1 Å². The van der Waals surface area contributed by atoms with Crippen molar-refractivity contribution in [1.29, 1.82) is 0 Å². The maximum atomic E-state index is 13.5. The Morgan fingerprint density at radius 3 is 2.47 bits per heavy atom. The molecule has 0 fully saturated rings. The number of unbranched alkanes of at least 4 members (excludes halogenated alkanes) is 2. The summed E-state index contributed by atoms with van der Waals surface area (Å²) >= 11 is 0. The Labute approximate surface area is 220 Å². The number of carbonyl (C=O) groups is 3. The highest BCUT2D eigenvalue weighted by Gasteiger charge is 2.40. The highest BCUT2D eigenvalue weighted by Crippen LogP contribution is 2.32. The number of para-hydroxylation sites is 1. The summed E-state index contributed by atoms with van der Waals surface area (Å²) in [7, 11) is 0. The van der Waals surface area contributed by atoms with Gasteiger partial charge in [-0.25, -0.2) is 4.79 Å². The van der Waals surface area contributed by atoms with Crippen molar-refractivity contribution in [1.82, 2.24) is 5.32 Å². The number of hydrogen-bond donors (Lipinski definition) is 2. The summed E-state index contributed by atoms with van der Waals surface area (Å²) < 4.78 is 5.45. The molecule has 0 aromatic heterocycles. The summed E-state index contributed by atoms with van der Waals surface area (Å²) in [4.78, 5) is 54.1. The van der Waals surface area contributed by atoms with Crippen LogP contribution >= 0.6 is 0 Å². The summed E-state index contributed by atoms with van der Waals surface area (Å²) in [6, 6.07) is 14.0. The predicted molar refractivity (Wildman–Crippen MR) is 138 cm³/mol. The molecule has 0 radical (unpaired) electrons. The predicted octanol–water partition coefficient (Wildman–Crippen LogP) is 2.93. The van der Waals surface area contributed by atoms with E-state index in [2.05, 4.69) is 10.2 Å². The minimum Gasteiger partial charge on any atom is -0.480 e. The summed E-state index contributed by atoms with van der Waals surface area (Å²) in [6.45, 7) is 1.73. The van der Waals surface area contributed by atoms with Crippen LogP contribution in [0.3, 0.4) is 0 Å². The number of fused-ring (bicyclic) bond motifs is 1. The first kappa shape index (κ1) is 28.6. The van der Waals surface area contributed by atoms with Crippen LogP contribution in [-0.4, -0.2) is 59.4 Å². The van der Waals surface area contributed by atoms with Gasteiger partial charge in [-0.1, -0.05) is 48.5 Å². The zero-order valence-electron chi connectivity index (χ0n) is 21.3. The van der Waals surface area contributed by atoms with E-state index in [4.69, 9.17) is 4.74 Å². The summed E-state index contributed by atoms with van der Waals surface area (Å²) in [5, 5.41) is 22.2. The number of rotatable bonds is 15. The fourth-order valence-electron chi connectivity index (χ4n) is 4.46. The SMILES string of the molecule is CC(NC(CCc1ccccc1)C(=O)OCCCCCO[N+](=O)[O-])C(=O)N1c2ccccc2CC1C(=O)O. The first-order valence-electron chi connectivity index (χ1n) is 12.7. The van der Waals surface area contributed by atoms with Gasteiger partial charge in [0, 0.05) is 12.1 Å². The molecule has 3 atom stereocenters. The first-order chi connectivity index (χ1) is 18.3. The summed E-state index contributed by atoms with van der Waals surface area (Å²) in [5.41, 5.74) is 2.36. The Hall–Kier alpha value is -3.99. The molecule has 0 saturated carbocycles. The van der Waals surface area contributed by atoms with E-state index in [1.807, 2.05) is 30.3 Å².